The smallest absolute Gasteiger partial charge is 0.329 e. The SMILES string of the molecule is COCCOC(=O)[C@H](C#N)c1nc2ccccc2nc1N1CCN(Cc2ccccc2)CC1. The minimum absolute atomic E-state index is 0.0853. The van der Waals surface area contributed by atoms with E-state index in [1.54, 1.807) is 0 Å². The first kappa shape index (κ1) is 22.6. The Labute approximate surface area is 193 Å². The van der Waals surface area contributed by atoms with Crippen molar-refractivity contribution in [3.8, 4) is 6.07 Å². The zero-order valence-electron chi connectivity index (χ0n) is 18.7. The normalized spacial score (nSPS) is 15.2. The van der Waals surface area contributed by atoms with Crippen molar-refractivity contribution in [2.45, 2.75) is 12.5 Å². The van der Waals surface area contributed by atoms with Crippen LogP contribution in [-0.4, -0.2) is 67.3 Å². The van der Waals surface area contributed by atoms with Gasteiger partial charge in [0.1, 0.15) is 12.3 Å². The average Bonchev–Trinajstić information content (AvgIpc) is 2.85. The van der Waals surface area contributed by atoms with Crippen LogP contribution in [0.2, 0.25) is 0 Å². The third-order valence-electron chi connectivity index (χ3n) is 5.67. The van der Waals surface area contributed by atoms with Crippen LogP contribution in [0.5, 0.6) is 0 Å². The van der Waals surface area contributed by atoms with Gasteiger partial charge in [-0.05, 0) is 17.7 Å². The van der Waals surface area contributed by atoms with Gasteiger partial charge in [-0.3, -0.25) is 9.69 Å². The quantitative estimate of drug-likeness (QED) is 0.386. The number of piperazine rings is 1. The van der Waals surface area contributed by atoms with Crippen molar-refractivity contribution in [2.75, 3.05) is 51.4 Å². The van der Waals surface area contributed by atoms with Crippen LogP contribution in [0.4, 0.5) is 5.82 Å². The fraction of sp³-hybridized carbons (Fsp3) is 0.360. The number of nitriles is 1. The van der Waals surface area contributed by atoms with Crippen LogP contribution in [0.15, 0.2) is 54.6 Å². The van der Waals surface area contributed by atoms with E-state index in [9.17, 15) is 10.1 Å². The highest BCUT2D eigenvalue weighted by Gasteiger charge is 2.31. The number of methoxy groups -OCH3 is 1. The number of anilines is 1. The van der Waals surface area contributed by atoms with Crippen LogP contribution < -0.4 is 4.90 Å². The molecule has 8 heteroatoms. The molecular formula is C25H27N5O3. The molecular weight excluding hydrogens is 418 g/mol. The number of hydrogen-bond donors (Lipinski definition) is 0. The van der Waals surface area contributed by atoms with Crippen molar-refractivity contribution in [1.29, 1.82) is 5.26 Å². The number of para-hydroxylation sites is 2. The number of esters is 1. The Bertz CT molecular complexity index is 1120. The zero-order valence-corrected chi connectivity index (χ0v) is 18.7. The van der Waals surface area contributed by atoms with E-state index in [1.807, 2.05) is 30.3 Å². The lowest BCUT2D eigenvalue weighted by atomic mass is 10.1. The van der Waals surface area contributed by atoms with Crippen molar-refractivity contribution in [3.05, 3.63) is 65.9 Å². The molecule has 1 aromatic heterocycles. The minimum atomic E-state index is -1.16. The molecule has 170 valence electrons. The summed E-state index contributed by atoms with van der Waals surface area (Å²) in [6.45, 7) is 4.38. The molecule has 8 nitrogen and oxygen atoms in total. The highest BCUT2D eigenvalue weighted by molar-refractivity contribution is 5.85. The monoisotopic (exact) mass is 445 g/mol. The van der Waals surface area contributed by atoms with E-state index in [1.165, 1.54) is 12.7 Å². The number of carbonyl (C=O) groups is 1. The molecule has 4 rings (SSSR count). The van der Waals surface area contributed by atoms with E-state index in [0.29, 0.717) is 17.0 Å². The number of aromatic nitrogens is 2. The Balaban J connectivity index is 1.57. The lowest BCUT2D eigenvalue weighted by Crippen LogP contribution is -2.46. The first-order chi connectivity index (χ1) is 16.2. The largest absolute Gasteiger partial charge is 0.462 e. The van der Waals surface area contributed by atoms with Gasteiger partial charge in [-0.2, -0.15) is 5.26 Å². The maximum atomic E-state index is 12.7. The van der Waals surface area contributed by atoms with Crippen molar-refractivity contribution >= 4 is 22.8 Å². The summed E-state index contributed by atoms with van der Waals surface area (Å²) in [5.41, 5.74) is 2.99. The van der Waals surface area contributed by atoms with E-state index in [4.69, 9.17) is 14.5 Å². The highest BCUT2D eigenvalue weighted by atomic mass is 16.6. The highest BCUT2D eigenvalue weighted by Crippen LogP contribution is 2.29. The van der Waals surface area contributed by atoms with E-state index >= 15 is 0 Å². The summed E-state index contributed by atoms with van der Waals surface area (Å²) < 4.78 is 10.2. The van der Waals surface area contributed by atoms with Crippen LogP contribution in [0, 0.1) is 11.3 Å². The molecule has 3 aromatic rings. The Hall–Kier alpha value is -3.54. The maximum Gasteiger partial charge on any atom is 0.329 e. The number of benzene rings is 2. The minimum Gasteiger partial charge on any atom is -0.462 e. The van der Waals surface area contributed by atoms with Crippen LogP contribution in [0.1, 0.15) is 17.2 Å². The second kappa shape index (κ2) is 10.9. The van der Waals surface area contributed by atoms with Gasteiger partial charge in [-0.1, -0.05) is 42.5 Å². The number of hydrogen-bond acceptors (Lipinski definition) is 8. The van der Waals surface area contributed by atoms with Crippen molar-refractivity contribution in [3.63, 3.8) is 0 Å². The molecule has 0 bridgehead atoms. The molecule has 2 heterocycles. The first-order valence-electron chi connectivity index (χ1n) is 11.0. The van der Waals surface area contributed by atoms with E-state index in [-0.39, 0.29) is 13.2 Å². The Morgan fingerprint density at radius 1 is 1.00 bits per heavy atom. The second-order valence-electron chi connectivity index (χ2n) is 7.89. The van der Waals surface area contributed by atoms with Gasteiger partial charge in [0.05, 0.1) is 23.7 Å². The average molecular weight is 446 g/mol. The summed E-state index contributed by atoms with van der Waals surface area (Å²) in [6, 6.07) is 19.9. The molecule has 0 aliphatic carbocycles. The van der Waals surface area contributed by atoms with Gasteiger partial charge in [-0.15, -0.1) is 0 Å². The molecule has 1 aliphatic heterocycles. The second-order valence-corrected chi connectivity index (χ2v) is 7.89. The van der Waals surface area contributed by atoms with Crippen molar-refractivity contribution < 1.29 is 14.3 Å². The Morgan fingerprint density at radius 3 is 2.33 bits per heavy atom. The molecule has 0 spiro atoms. The number of carbonyl (C=O) groups excluding carboxylic acids is 1. The number of fused-ring (bicyclic) bond motifs is 1. The standard InChI is InChI=1S/C25H27N5O3/c1-32-15-16-33-25(31)20(17-26)23-24(28-22-10-6-5-9-21(22)27-23)30-13-11-29(12-14-30)18-19-7-3-2-4-8-19/h2-10,20H,11-16,18H2,1H3/t20-/m1/s1. The summed E-state index contributed by atoms with van der Waals surface area (Å²) in [7, 11) is 1.53. The predicted octanol–water partition coefficient (Wildman–Crippen LogP) is 2.75. The first-order valence-corrected chi connectivity index (χ1v) is 11.0. The lowest BCUT2D eigenvalue weighted by molar-refractivity contribution is -0.145. The van der Waals surface area contributed by atoms with Gasteiger partial charge in [0.2, 0.25) is 0 Å². The van der Waals surface area contributed by atoms with Gasteiger partial charge in [0.15, 0.2) is 11.7 Å². The van der Waals surface area contributed by atoms with E-state index in [2.05, 4.69) is 45.1 Å². The van der Waals surface area contributed by atoms with Gasteiger partial charge >= 0.3 is 5.97 Å². The van der Waals surface area contributed by atoms with Crippen LogP contribution in [0.25, 0.3) is 11.0 Å². The van der Waals surface area contributed by atoms with E-state index < -0.39 is 11.9 Å². The van der Waals surface area contributed by atoms with Crippen molar-refractivity contribution in [2.24, 2.45) is 0 Å². The number of ether oxygens (including phenoxy) is 2. The summed E-state index contributed by atoms with van der Waals surface area (Å²) in [6.07, 6.45) is 0. The summed E-state index contributed by atoms with van der Waals surface area (Å²) in [4.78, 5) is 26.7. The molecule has 2 aromatic carbocycles. The number of nitrogens with zero attached hydrogens (tertiary/aromatic N) is 5. The van der Waals surface area contributed by atoms with Crippen LogP contribution >= 0.6 is 0 Å². The molecule has 0 unspecified atom stereocenters. The third-order valence-corrected chi connectivity index (χ3v) is 5.67. The maximum absolute atomic E-state index is 12.7. The summed E-state index contributed by atoms with van der Waals surface area (Å²) >= 11 is 0. The molecule has 1 aliphatic rings. The molecule has 1 saturated heterocycles. The van der Waals surface area contributed by atoms with Gasteiger partial charge in [0, 0.05) is 39.8 Å². The molecule has 33 heavy (non-hydrogen) atoms. The lowest BCUT2D eigenvalue weighted by Gasteiger charge is -2.36. The van der Waals surface area contributed by atoms with Crippen LogP contribution in [-0.2, 0) is 20.8 Å². The summed E-state index contributed by atoms with van der Waals surface area (Å²) in [5.74, 6) is -1.22. The van der Waals surface area contributed by atoms with Crippen molar-refractivity contribution in [1.82, 2.24) is 14.9 Å². The number of rotatable bonds is 8. The Kier molecular flexibility index (Phi) is 7.45. The summed E-state index contributed by atoms with van der Waals surface area (Å²) in [5, 5.41) is 9.83. The van der Waals surface area contributed by atoms with Gasteiger partial charge < -0.3 is 14.4 Å². The fourth-order valence-electron chi connectivity index (χ4n) is 3.92. The molecule has 0 saturated carbocycles. The third kappa shape index (κ3) is 5.45. The topological polar surface area (TPSA) is 91.6 Å². The molecule has 0 radical (unpaired) electrons. The molecule has 1 atom stereocenters. The van der Waals surface area contributed by atoms with Gasteiger partial charge in [-0.25, -0.2) is 9.97 Å². The molecule has 0 N–H and O–H groups in total. The molecule has 0 amide bonds. The fourth-order valence-corrected chi connectivity index (χ4v) is 3.92. The van der Waals surface area contributed by atoms with Crippen LogP contribution in [0.3, 0.4) is 0 Å². The van der Waals surface area contributed by atoms with E-state index in [0.717, 1.165) is 38.2 Å². The zero-order chi connectivity index (χ0) is 23.0. The van der Waals surface area contributed by atoms with Gasteiger partial charge in [0.25, 0.3) is 0 Å². The predicted molar refractivity (Wildman–Crippen MR) is 125 cm³/mol. The molecule has 1 fully saturated rings. The Morgan fingerprint density at radius 2 is 1.67 bits per heavy atom.